The molecule has 0 bridgehead atoms. The maximum atomic E-state index is 12.6. The van der Waals surface area contributed by atoms with Crippen molar-refractivity contribution in [3.8, 4) is 0 Å². The van der Waals surface area contributed by atoms with Gasteiger partial charge in [0.25, 0.3) is 0 Å². The fourth-order valence-electron chi connectivity index (χ4n) is 4.17. The van der Waals surface area contributed by atoms with Gasteiger partial charge in [0.15, 0.2) is 0 Å². The lowest BCUT2D eigenvalue weighted by atomic mass is 9.73. The second-order valence-electron chi connectivity index (χ2n) is 7.42. The monoisotopic (exact) mass is 343 g/mol. The third-order valence-electron chi connectivity index (χ3n) is 5.59. The number of carbonyl (C=O) groups excluding carboxylic acids is 2. The molecule has 0 aliphatic carbocycles. The van der Waals surface area contributed by atoms with Crippen LogP contribution in [0.1, 0.15) is 38.2 Å². The summed E-state index contributed by atoms with van der Waals surface area (Å²) >= 11 is 0. The van der Waals surface area contributed by atoms with Crippen LogP contribution in [0.3, 0.4) is 0 Å². The Kier molecular flexibility index (Phi) is 5.74. The minimum Gasteiger partial charge on any atom is -0.342 e. The average molecular weight is 343 g/mol. The molecule has 1 aromatic rings. The van der Waals surface area contributed by atoms with Gasteiger partial charge in [0.05, 0.1) is 6.54 Å². The van der Waals surface area contributed by atoms with Gasteiger partial charge in [-0.05, 0) is 31.7 Å². The summed E-state index contributed by atoms with van der Waals surface area (Å²) in [4.78, 5) is 28.6. The van der Waals surface area contributed by atoms with Gasteiger partial charge in [0, 0.05) is 44.6 Å². The molecule has 5 heteroatoms. The molecule has 2 amide bonds. The predicted molar refractivity (Wildman–Crippen MR) is 97.9 cm³/mol. The zero-order valence-corrected chi connectivity index (χ0v) is 15.2. The van der Waals surface area contributed by atoms with Gasteiger partial charge in [-0.3, -0.25) is 9.59 Å². The van der Waals surface area contributed by atoms with Crippen LogP contribution >= 0.6 is 0 Å². The maximum absolute atomic E-state index is 12.6. The first-order valence-electron chi connectivity index (χ1n) is 9.42. The number of nitrogens with zero attached hydrogens (tertiary/aromatic N) is 2. The first-order valence-corrected chi connectivity index (χ1v) is 9.42. The fourth-order valence-corrected chi connectivity index (χ4v) is 4.17. The highest BCUT2D eigenvalue weighted by molar-refractivity contribution is 5.79. The molecule has 0 saturated carbocycles. The van der Waals surface area contributed by atoms with Crippen LogP contribution in [0.5, 0.6) is 0 Å². The van der Waals surface area contributed by atoms with Crippen LogP contribution in [0.2, 0.25) is 0 Å². The molecule has 136 valence electrons. The quantitative estimate of drug-likeness (QED) is 0.890. The number of hydrogen-bond donors (Lipinski definition) is 1. The molecular weight excluding hydrogens is 314 g/mol. The zero-order chi connectivity index (χ0) is 17.7. The molecule has 1 N–H and O–H groups in total. The van der Waals surface area contributed by atoms with Gasteiger partial charge >= 0.3 is 0 Å². The van der Waals surface area contributed by atoms with Crippen molar-refractivity contribution < 1.29 is 9.59 Å². The van der Waals surface area contributed by atoms with E-state index in [1.54, 1.807) is 0 Å². The van der Waals surface area contributed by atoms with Crippen molar-refractivity contribution in [1.29, 1.82) is 0 Å². The molecule has 2 aliphatic rings. The number of hydrogen-bond acceptors (Lipinski definition) is 3. The van der Waals surface area contributed by atoms with Gasteiger partial charge in [0.2, 0.25) is 11.8 Å². The molecule has 1 atom stereocenters. The van der Waals surface area contributed by atoms with E-state index in [1.807, 2.05) is 34.9 Å². The van der Waals surface area contributed by atoms with Crippen LogP contribution in [0.25, 0.3) is 0 Å². The van der Waals surface area contributed by atoms with E-state index in [-0.39, 0.29) is 17.2 Å². The molecule has 5 nitrogen and oxygen atoms in total. The van der Waals surface area contributed by atoms with Crippen molar-refractivity contribution in [1.82, 2.24) is 15.1 Å². The predicted octanol–water partition coefficient (Wildman–Crippen LogP) is 2.03. The molecule has 1 unspecified atom stereocenters. The third-order valence-corrected chi connectivity index (χ3v) is 5.59. The van der Waals surface area contributed by atoms with Gasteiger partial charge in [-0.15, -0.1) is 0 Å². The van der Waals surface area contributed by atoms with Crippen molar-refractivity contribution >= 4 is 11.8 Å². The van der Waals surface area contributed by atoms with Crippen LogP contribution in [-0.4, -0.2) is 54.3 Å². The van der Waals surface area contributed by atoms with Crippen molar-refractivity contribution in [2.24, 2.45) is 5.41 Å². The summed E-state index contributed by atoms with van der Waals surface area (Å²) in [6.45, 7) is 6.34. The van der Waals surface area contributed by atoms with Gasteiger partial charge in [-0.1, -0.05) is 30.3 Å². The maximum Gasteiger partial charge on any atom is 0.236 e. The Bertz CT molecular complexity index is 604. The molecule has 0 radical (unpaired) electrons. The highest BCUT2D eigenvalue weighted by Gasteiger charge is 2.42. The topological polar surface area (TPSA) is 52.6 Å². The lowest BCUT2D eigenvalue weighted by Crippen LogP contribution is -2.55. The Labute approximate surface area is 150 Å². The van der Waals surface area contributed by atoms with Crippen molar-refractivity contribution in [2.75, 3.05) is 32.7 Å². The van der Waals surface area contributed by atoms with Gasteiger partial charge in [-0.25, -0.2) is 0 Å². The van der Waals surface area contributed by atoms with Crippen molar-refractivity contribution in [3.05, 3.63) is 35.9 Å². The summed E-state index contributed by atoms with van der Waals surface area (Å²) in [7, 11) is 0. The van der Waals surface area contributed by atoms with Crippen LogP contribution in [0.4, 0.5) is 0 Å². The zero-order valence-electron chi connectivity index (χ0n) is 15.2. The molecule has 2 heterocycles. The molecule has 25 heavy (non-hydrogen) atoms. The van der Waals surface area contributed by atoms with Crippen molar-refractivity contribution in [2.45, 2.75) is 39.2 Å². The van der Waals surface area contributed by atoms with Gasteiger partial charge in [0.1, 0.15) is 0 Å². The smallest absolute Gasteiger partial charge is 0.236 e. The molecule has 2 saturated heterocycles. The van der Waals surface area contributed by atoms with E-state index in [1.165, 1.54) is 5.56 Å². The van der Waals surface area contributed by atoms with E-state index in [2.05, 4.69) is 17.4 Å². The summed E-state index contributed by atoms with van der Waals surface area (Å²) in [6, 6.07) is 10.1. The number of nitrogens with one attached hydrogen (secondary N) is 1. The molecule has 1 aromatic carbocycles. The Morgan fingerprint density at radius 2 is 2.00 bits per heavy atom. The van der Waals surface area contributed by atoms with E-state index < -0.39 is 0 Å². The van der Waals surface area contributed by atoms with E-state index in [0.717, 1.165) is 45.4 Å². The van der Waals surface area contributed by atoms with E-state index in [4.69, 9.17) is 0 Å². The second-order valence-corrected chi connectivity index (χ2v) is 7.42. The summed E-state index contributed by atoms with van der Waals surface area (Å²) in [5.74, 6) is 0.441. The Morgan fingerprint density at radius 3 is 2.76 bits per heavy atom. The summed E-state index contributed by atoms with van der Waals surface area (Å²) in [5.41, 5.74) is 1.30. The second kappa shape index (κ2) is 8.00. The molecule has 3 rings (SSSR count). The largest absolute Gasteiger partial charge is 0.342 e. The fraction of sp³-hybridized carbons (Fsp3) is 0.600. The number of benzene rings is 1. The number of piperidine rings is 2. The van der Waals surface area contributed by atoms with Crippen LogP contribution in [-0.2, 0) is 16.1 Å². The third kappa shape index (κ3) is 4.40. The SMILES string of the molecule is CCN1CC2(CCCN(C(=O)CNCc3ccccc3)C2)CCC1=O. The van der Waals surface area contributed by atoms with Gasteiger partial charge < -0.3 is 15.1 Å². The molecular formula is C20H29N3O2. The molecule has 2 aliphatic heterocycles. The standard InChI is InChI=1S/C20H29N3O2/c1-2-22-15-20(11-9-18(22)24)10-6-12-23(16-20)19(25)14-21-13-17-7-4-3-5-8-17/h3-5,7-8,21H,2,6,9-16H2,1H3. The van der Waals surface area contributed by atoms with E-state index in [9.17, 15) is 9.59 Å². The van der Waals surface area contributed by atoms with E-state index in [0.29, 0.717) is 19.5 Å². The molecule has 1 spiro atoms. The Balaban J connectivity index is 1.52. The van der Waals surface area contributed by atoms with Crippen LogP contribution < -0.4 is 5.32 Å². The van der Waals surface area contributed by atoms with Crippen LogP contribution in [0.15, 0.2) is 30.3 Å². The van der Waals surface area contributed by atoms with Crippen molar-refractivity contribution in [3.63, 3.8) is 0 Å². The summed E-state index contributed by atoms with van der Waals surface area (Å²) in [5, 5.41) is 3.26. The first-order chi connectivity index (χ1) is 12.1. The lowest BCUT2D eigenvalue weighted by Gasteiger charge is -2.48. The first kappa shape index (κ1) is 17.9. The average Bonchev–Trinajstić information content (AvgIpc) is 2.65. The highest BCUT2D eigenvalue weighted by atomic mass is 16.2. The number of carbonyl (C=O) groups is 2. The minimum atomic E-state index is 0.108. The Morgan fingerprint density at radius 1 is 1.20 bits per heavy atom. The molecule has 2 fully saturated rings. The lowest BCUT2D eigenvalue weighted by molar-refractivity contribution is -0.142. The highest BCUT2D eigenvalue weighted by Crippen LogP contribution is 2.38. The Hall–Kier alpha value is -1.88. The number of amides is 2. The summed E-state index contributed by atoms with van der Waals surface area (Å²) < 4.78 is 0. The van der Waals surface area contributed by atoms with Crippen LogP contribution in [0, 0.1) is 5.41 Å². The minimum absolute atomic E-state index is 0.108. The normalized spacial score (nSPS) is 24.0. The number of rotatable bonds is 5. The molecule has 0 aromatic heterocycles. The number of likely N-dealkylation sites (tertiary alicyclic amines) is 2. The van der Waals surface area contributed by atoms with E-state index >= 15 is 0 Å². The van der Waals surface area contributed by atoms with Gasteiger partial charge in [-0.2, -0.15) is 0 Å². The summed E-state index contributed by atoms with van der Waals surface area (Å²) in [6.07, 6.45) is 3.71.